The molecule has 142 valence electrons. The van der Waals surface area contributed by atoms with Crippen molar-refractivity contribution in [2.75, 3.05) is 0 Å². The smallest absolute Gasteiger partial charge is 0.404 e. The molecular weight excluding hydrogens is 315 g/mol. The predicted molar refractivity (Wildman–Crippen MR) is 99.8 cm³/mol. The van der Waals surface area contributed by atoms with Crippen LogP contribution >= 0.6 is 0 Å². The lowest BCUT2D eigenvalue weighted by Gasteiger charge is -2.64. The molecule has 0 spiro atoms. The van der Waals surface area contributed by atoms with Gasteiger partial charge in [-0.3, -0.25) is 4.79 Å². The van der Waals surface area contributed by atoms with Crippen molar-refractivity contribution in [3.63, 3.8) is 0 Å². The second-order valence-electron chi connectivity index (χ2n) is 9.60. The Morgan fingerprint density at radius 2 is 2.00 bits per heavy atom. The lowest BCUT2D eigenvalue weighted by atomic mass is 9.43. The zero-order valence-electron chi connectivity index (χ0n) is 16.7. The predicted octanol–water partition coefficient (Wildman–Crippen LogP) is 2.52. The summed E-state index contributed by atoms with van der Waals surface area (Å²) in [7, 11) is -0.374. The maximum Gasteiger partial charge on any atom is 0.481 e. The van der Waals surface area contributed by atoms with Crippen LogP contribution in [0.1, 0.15) is 67.2 Å². The van der Waals surface area contributed by atoms with Crippen molar-refractivity contribution >= 4 is 13.0 Å². The third kappa shape index (κ3) is 3.15. The van der Waals surface area contributed by atoms with Crippen molar-refractivity contribution in [3.05, 3.63) is 0 Å². The molecule has 0 unspecified atom stereocenters. The van der Waals surface area contributed by atoms with Gasteiger partial charge in [-0.15, -0.1) is 0 Å². The average molecular weight is 350 g/mol. The van der Waals surface area contributed by atoms with Gasteiger partial charge >= 0.3 is 7.12 Å². The van der Waals surface area contributed by atoms with Gasteiger partial charge in [-0.05, 0) is 55.8 Å². The van der Waals surface area contributed by atoms with Crippen LogP contribution in [0.5, 0.6) is 0 Å². The fraction of sp³-hybridized carbons (Fsp3) is 0.947. The minimum Gasteiger partial charge on any atom is -0.404 e. The number of carbonyl (C=O) groups is 1. The Hall–Kier alpha value is -0.585. The minimum absolute atomic E-state index is 0.106. The van der Waals surface area contributed by atoms with E-state index in [9.17, 15) is 4.79 Å². The number of nitrogens with one attached hydrogen (secondary N) is 1. The molecule has 3 saturated carbocycles. The Labute approximate surface area is 152 Å². The highest BCUT2D eigenvalue weighted by Gasteiger charge is 2.68. The van der Waals surface area contributed by atoms with Crippen LogP contribution in [0.4, 0.5) is 0 Å². The van der Waals surface area contributed by atoms with Crippen LogP contribution in [0.3, 0.4) is 0 Å². The first-order valence-electron chi connectivity index (χ1n) is 9.98. The first-order chi connectivity index (χ1) is 11.6. The molecule has 6 atom stereocenters. The van der Waals surface area contributed by atoms with Gasteiger partial charge in [0.2, 0.25) is 5.91 Å². The third-order valence-corrected chi connectivity index (χ3v) is 7.13. The number of rotatable bonds is 6. The lowest BCUT2D eigenvalue weighted by Crippen LogP contribution is -2.65. The summed E-state index contributed by atoms with van der Waals surface area (Å²) < 4.78 is 12.9. The molecule has 2 bridgehead atoms. The Morgan fingerprint density at radius 3 is 2.56 bits per heavy atom. The summed E-state index contributed by atoms with van der Waals surface area (Å²) in [6, 6.07) is -0.472. The summed E-state index contributed by atoms with van der Waals surface area (Å²) in [6.07, 6.45) is 3.89. The monoisotopic (exact) mass is 350 g/mol. The molecule has 0 aromatic carbocycles. The fourth-order valence-electron chi connectivity index (χ4n) is 5.29. The molecule has 0 aromatic heterocycles. The van der Waals surface area contributed by atoms with Gasteiger partial charge in [-0.1, -0.05) is 34.6 Å². The van der Waals surface area contributed by atoms with E-state index in [0.717, 1.165) is 18.8 Å². The third-order valence-electron chi connectivity index (χ3n) is 7.13. The molecule has 0 radical (unpaired) electrons. The molecule has 3 N–H and O–H groups in total. The molecular formula is C19H35BN2O3. The standard InChI is InChI=1S/C19H35BN2O3/c1-7-13(21)17(23)22-16(8-11(2)3)20-24-15-10-12-9-14(18(12,4)5)19(15,6)25-20/h11-16H,7-10,21H2,1-6H3,(H,22,23)/t12-,13-,14-,15+,16-,19-/m0/s1. The zero-order valence-corrected chi connectivity index (χ0v) is 16.7. The van der Waals surface area contributed by atoms with Crippen molar-refractivity contribution in [1.29, 1.82) is 0 Å². The number of nitrogens with two attached hydrogens (primary N) is 1. The Kier molecular flexibility index (Phi) is 5.02. The van der Waals surface area contributed by atoms with E-state index in [1.165, 1.54) is 6.42 Å². The molecule has 25 heavy (non-hydrogen) atoms. The molecule has 4 aliphatic rings. The molecule has 1 aliphatic heterocycles. The number of hydrogen-bond acceptors (Lipinski definition) is 4. The van der Waals surface area contributed by atoms with Gasteiger partial charge in [-0.2, -0.15) is 0 Å². The maximum absolute atomic E-state index is 12.3. The van der Waals surface area contributed by atoms with Gasteiger partial charge in [0.25, 0.3) is 0 Å². The van der Waals surface area contributed by atoms with E-state index in [1.807, 2.05) is 6.92 Å². The van der Waals surface area contributed by atoms with Crippen LogP contribution in [0.2, 0.25) is 0 Å². The molecule has 5 nitrogen and oxygen atoms in total. The van der Waals surface area contributed by atoms with Crippen LogP contribution in [-0.4, -0.2) is 36.7 Å². The SMILES string of the molecule is CC[C@H](N)C(=O)N[C@@H](CC(C)C)B1O[C@@H]2C[C@@H]3C[C@@H](C3(C)C)[C@]2(C)O1. The second kappa shape index (κ2) is 6.54. The molecule has 1 heterocycles. The Bertz CT molecular complexity index is 527. The van der Waals surface area contributed by atoms with Crippen molar-refractivity contribution in [1.82, 2.24) is 5.32 Å². The van der Waals surface area contributed by atoms with Crippen molar-refractivity contribution in [3.8, 4) is 0 Å². The highest BCUT2D eigenvalue weighted by Crippen LogP contribution is 2.65. The molecule has 4 fully saturated rings. The van der Waals surface area contributed by atoms with Crippen LogP contribution < -0.4 is 11.1 Å². The molecule has 0 aromatic rings. The van der Waals surface area contributed by atoms with E-state index in [2.05, 4.69) is 39.9 Å². The van der Waals surface area contributed by atoms with E-state index in [0.29, 0.717) is 23.7 Å². The van der Waals surface area contributed by atoms with Crippen molar-refractivity contribution in [2.45, 2.75) is 90.9 Å². The second-order valence-corrected chi connectivity index (χ2v) is 9.60. The summed E-state index contributed by atoms with van der Waals surface area (Å²) in [5.74, 6) is 1.44. The number of carbonyl (C=O) groups excluding carboxylic acids is 1. The first-order valence-corrected chi connectivity index (χ1v) is 9.98. The summed E-state index contributed by atoms with van der Waals surface area (Å²) in [5, 5.41) is 3.10. The van der Waals surface area contributed by atoms with Gasteiger partial charge in [-0.25, -0.2) is 0 Å². The summed E-state index contributed by atoms with van der Waals surface area (Å²) in [4.78, 5) is 12.3. The summed E-state index contributed by atoms with van der Waals surface area (Å²) >= 11 is 0. The van der Waals surface area contributed by atoms with Crippen molar-refractivity contribution in [2.24, 2.45) is 28.9 Å². The largest absolute Gasteiger partial charge is 0.481 e. The summed E-state index contributed by atoms with van der Waals surface area (Å²) in [6.45, 7) is 13.2. The Morgan fingerprint density at radius 1 is 1.32 bits per heavy atom. The van der Waals surface area contributed by atoms with Gasteiger partial charge in [0.1, 0.15) is 0 Å². The van der Waals surface area contributed by atoms with E-state index < -0.39 is 6.04 Å². The number of hydrogen-bond donors (Lipinski definition) is 2. The van der Waals surface area contributed by atoms with Crippen LogP contribution in [0.15, 0.2) is 0 Å². The zero-order chi connectivity index (χ0) is 18.6. The van der Waals surface area contributed by atoms with Gasteiger partial charge in [0.05, 0.1) is 23.7 Å². The normalized spacial score (nSPS) is 38.1. The molecule has 3 aliphatic carbocycles. The van der Waals surface area contributed by atoms with E-state index in [1.54, 1.807) is 0 Å². The van der Waals surface area contributed by atoms with Crippen LogP contribution in [0.25, 0.3) is 0 Å². The molecule has 4 rings (SSSR count). The average Bonchev–Trinajstić information content (AvgIpc) is 2.89. The molecule has 1 amide bonds. The van der Waals surface area contributed by atoms with Gasteiger partial charge in [0.15, 0.2) is 0 Å². The summed E-state index contributed by atoms with van der Waals surface area (Å²) in [5.41, 5.74) is 5.99. The van der Waals surface area contributed by atoms with Crippen molar-refractivity contribution < 1.29 is 14.1 Å². The highest BCUT2D eigenvalue weighted by molar-refractivity contribution is 6.47. The first kappa shape index (κ1) is 19.2. The van der Waals surface area contributed by atoms with Crippen LogP contribution in [0, 0.1) is 23.2 Å². The van der Waals surface area contributed by atoms with Crippen LogP contribution in [-0.2, 0) is 14.1 Å². The minimum atomic E-state index is -0.472. The Balaban J connectivity index is 1.74. The molecule has 1 saturated heterocycles. The van der Waals surface area contributed by atoms with Gasteiger partial charge < -0.3 is 20.4 Å². The van der Waals surface area contributed by atoms with Gasteiger partial charge in [0, 0.05) is 0 Å². The van der Waals surface area contributed by atoms with E-state index >= 15 is 0 Å². The van der Waals surface area contributed by atoms with E-state index in [-0.39, 0.29) is 30.7 Å². The fourth-order valence-corrected chi connectivity index (χ4v) is 5.29. The highest BCUT2D eigenvalue weighted by atomic mass is 16.7. The van der Waals surface area contributed by atoms with E-state index in [4.69, 9.17) is 15.0 Å². The maximum atomic E-state index is 12.3. The topological polar surface area (TPSA) is 73.6 Å². The number of amides is 1. The quantitative estimate of drug-likeness (QED) is 0.722. The lowest BCUT2D eigenvalue weighted by molar-refractivity contribution is -0.199. The molecule has 6 heteroatoms.